The first kappa shape index (κ1) is 17.3. The van der Waals surface area contributed by atoms with E-state index in [9.17, 15) is 0 Å². The summed E-state index contributed by atoms with van der Waals surface area (Å²) in [7, 11) is 1.64. The number of nitrogens with zero attached hydrogens (tertiary/aromatic N) is 1. The third-order valence-corrected chi connectivity index (χ3v) is 3.15. The molecule has 0 saturated heterocycles. The third kappa shape index (κ3) is 7.01. The summed E-state index contributed by atoms with van der Waals surface area (Å²) in [6, 6.07) is 8.10. The number of nitrogens with one attached hydrogen (secondary N) is 1. The first-order valence-corrected chi connectivity index (χ1v) is 7.54. The Morgan fingerprint density at radius 2 is 2.10 bits per heavy atom. The fourth-order valence-electron chi connectivity index (χ4n) is 1.90. The number of benzene rings is 1. The van der Waals surface area contributed by atoms with Crippen LogP contribution >= 0.6 is 0 Å². The molecule has 0 aromatic heterocycles. The average Bonchev–Trinajstić information content (AvgIpc) is 2.48. The van der Waals surface area contributed by atoms with Gasteiger partial charge in [0.2, 0.25) is 0 Å². The van der Waals surface area contributed by atoms with E-state index in [1.165, 1.54) is 12.0 Å². The highest BCUT2D eigenvalue weighted by molar-refractivity contribution is 5.42. The van der Waals surface area contributed by atoms with Crippen molar-refractivity contribution in [1.29, 1.82) is 5.26 Å². The normalized spacial score (nSPS) is 10.4. The van der Waals surface area contributed by atoms with E-state index in [0.29, 0.717) is 18.9 Å². The van der Waals surface area contributed by atoms with E-state index in [1.54, 1.807) is 7.11 Å². The maximum absolute atomic E-state index is 8.53. The topological polar surface area (TPSA) is 54.3 Å². The number of methoxy groups -OCH3 is 1. The maximum atomic E-state index is 8.53. The number of hydrogen-bond donors (Lipinski definition) is 1. The quantitative estimate of drug-likeness (QED) is 0.670. The smallest absolute Gasteiger partial charge is 0.161 e. The first-order valence-electron chi connectivity index (χ1n) is 7.54. The molecule has 0 bridgehead atoms. The third-order valence-electron chi connectivity index (χ3n) is 3.15. The number of rotatable bonds is 10. The highest BCUT2D eigenvalue weighted by Gasteiger charge is 2.06. The summed E-state index contributed by atoms with van der Waals surface area (Å²) in [4.78, 5) is 0. The van der Waals surface area contributed by atoms with Crippen LogP contribution in [-0.2, 0) is 6.54 Å². The Hall–Kier alpha value is -1.73. The van der Waals surface area contributed by atoms with Gasteiger partial charge in [0.25, 0.3) is 0 Å². The molecule has 1 N–H and O–H groups in total. The molecule has 1 rings (SSSR count). The van der Waals surface area contributed by atoms with Gasteiger partial charge in [0.1, 0.15) is 0 Å². The van der Waals surface area contributed by atoms with Crippen LogP contribution in [0.1, 0.15) is 38.7 Å². The summed E-state index contributed by atoms with van der Waals surface area (Å²) >= 11 is 0. The Kier molecular flexibility index (Phi) is 8.30. The SMILES string of the molecule is COc1ccc(CNCCC(C)C)cc1OCCCC#N. The fourth-order valence-corrected chi connectivity index (χ4v) is 1.90. The average molecular weight is 290 g/mol. The number of hydrogen-bond acceptors (Lipinski definition) is 4. The van der Waals surface area contributed by atoms with Gasteiger partial charge >= 0.3 is 0 Å². The van der Waals surface area contributed by atoms with Gasteiger partial charge < -0.3 is 14.8 Å². The molecule has 0 radical (unpaired) electrons. The molecular formula is C17H26N2O2. The van der Waals surface area contributed by atoms with E-state index in [-0.39, 0.29) is 0 Å². The second kappa shape index (κ2) is 10.1. The van der Waals surface area contributed by atoms with E-state index in [1.807, 2.05) is 18.2 Å². The number of ether oxygens (including phenoxy) is 2. The molecule has 0 saturated carbocycles. The van der Waals surface area contributed by atoms with Crippen LogP contribution in [0, 0.1) is 17.2 Å². The first-order chi connectivity index (χ1) is 10.2. The van der Waals surface area contributed by atoms with Crippen molar-refractivity contribution in [2.24, 2.45) is 5.92 Å². The summed E-state index contributed by atoms with van der Waals surface area (Å²) < 4.78 is 11.0. The molecule has 0 amide bonds. The monoisotopic (exact) mass is 290 g/mol. The summed E-state index contributed by atoms with van der Waals surface area (Å²) in [6.45, 7) is 6.83. The van der Waals surface area contributed by atoms with Crippen molar-refractivity contribution in [3.8, 4) is 17.6 Å². The zero-order valence-corrected chi connectivity index (χ0v) is 13.3. The predicted octanol–water partition coefficient (Wildman–Crippen LogP) is 3.51. The van der Waals surface area contributed by atoms with Crippen molar-refractivity contribution in [3.63, 3.8) is 0 Å². The highest BCUT2D eigenvalue weighted by Crippen LogP contribution is 2.28. The molecule has 116 valence electrons. The lowest BCUT2D eigenvalue weighted by Crippen LogP contribution is -2.16. The molecule has 4 nitrogen and oxygen atoms in total. The summed E-state index contributed by atoms with van der Waals surface area (Å²) in [5.74, 6) is 2.20. The van der Waals surface area contributed by atoms with E-state index >= 15 is 0 Å². The highest BCUT2D eigenvalue weighted by atomic mass is 16.5. The van der Waals surface area contributed by atoms with Crippen LogP contribution in [0.5, 0.6) is 11.5 Å². The Bertz CT molecular complexity index is 453. The number of unbranched alkanes of at least 4 members (excludes halogenated alkanes) is 1. The molecule has 0 spiro atoms. The van der Waals surface area contributed by atoms with Crippen molar-refractivity contribution in [2.75, 3.05) is 20.3 Å². The van der Waals surface area contributed by atoms with Crippen LogP contribution in [0.3, 0.4) is 0 Å². The lowest BCUT2D eigenvalue weighted by molar-refractivity contribution is 0.290. The lowest BCUT2D eigenvalue weighted by Gasteiger charge is -2.13. The molecule has 0 aliphatic carbocycles. The van der Waals surface area contributed by atoms with Gasteiger partial charge in [-0.05, 0) is 43.0 Å². The minimum atomic E-state index is 0.513. The minimum Gasteiger partial charge on any atom is -0.493 e. The lowest BCUT2D eigenvalue weighted by atomic mass is 10.1. The van der Waals surface area contributed by atoms with Crippen LogP contribution < -0.4 is 14.8 Å². The second-order valence-electron chi connectivity index (χ2n) is 5.45. The van der Waals surface area contributed by atoms with Gasteiger partial charge in [0.15, 0.2) is 11.5 Å². The molecular weight excluding hydrogens is 264 g/mol. The van der Waals surface area contributed by atoms with Gasteiger partial charge in [-0.25, -0.2) is 0 Å². The molecule has 1 aromatic carbocycles. The predicted molar refractivity (Wildman–Crippen MR) is 84.5 cm³/mol. The molecule has 0 atom stereocenters. The van der Waals surface area contributed by atoms with E-state index in [4.69, 9.17) is 14.7 Å². The van der Waals surface area contributed by atoms with Crippen molar-refractivity contribution in [1.82, 2.24) is 5.32 Å². The van der Waals surface area contributed by atoms with Gasteiger partial charge in [-0.3, -0.25) is 0 Å². The Balaban J connectivity index is 2.51. The van der Waals surface area contributed by atoms with Crippen LogP contribution in [0.15, 0.2) is 18.2 Å². The molecule has 0 heterocycles. The van der Waals surface area contributed by atoms with Crippen molar-refractivity contribution < 1.29 is 9.47 Å². The molecule has 0 fully saturated rings. The van der Waals surface area contributed by atoms with Gasteiger partial charge in [-0.15, -0.1) is 0 Å². The Labute approximate surface area is 128 Å². The van der Waals surface area contributed by atoms with Gasteiger partial charge in [-0.1, -0.05) is 19.9 Å². The van der Waals surface area contributed by atoms with Crippen molar-refractivity contribution >= 4 is 0 Å². The molecule has 0 aliphatic rings. The zero-order chi connectivity index (χ0) is 15.5. The fraction of sp³-hybridized carbons (Fsp3) is 0.588. The standard InChI is InChI=1S/C17H26N2O2/c1-14(2)8-10-19-13-15-6-7-16(20-3)17(12-15)21-11-5-4-9-18/h6-7,12,14,19H,4-5,8,10-11,13H2,1-3H3. The summed E-state index contributed by atoms with van der Waals surface area (Å²) in [5.41, 5.74) is 1.18. The second-order valence-corrected chi connectivity index (χ2v) is 5.45. The van der Waals surface area contributed by atoms with Crippen LogP contribution in [-0.4, -0.2) is 20.3 Å². The van der Waals surface area contributed by atoms with Crippen LogP contribution in [0.25, 0.3) is 0 Å². The summed E-state index contributed by atoms with van der Waals surface area (Å²) in [5, 5.41) is 12.0. The van der Waals surface area contributed by atoms with Gasteiger partial charge in [-0.2, -0.15) is 5.26 Å². The Morgan fingerprint density at radius 1 is 1.29 bits per heavy atom. The van der Waals surface area contributed by atoms with Crippen LogP contribution in [0.2, 0.25) is 0 Å². The van der Waals surface area contributed by atoms with E-state index < -0.39 is 0 Å². The number of nitriles is 1. The maximum Gasteiger partial charge on any atom is 0.161 e. The van der Waals surface area contributed by atoms with Crippen molar-refractivity contribution in [2.45, 2.75) is 39.7 Å². The van der Waals surface area contributed by atoms with Gasteiger partial charge in [0, 0.05) is 13.0 Å². The molecule has 0 unspecified atom stereocenters. The molecule has 4 heteroatoms. The molecule has 1 aromatic rings. The molecule has 21 heavy (non-hydrogen) atoms. The van der Waals surface area contributed by atoms with Crippen molar-refractivity contribution in [3.05, 3.63) is 23.8 Å². The largest absolute Gasteiger partial charge is 0.493 e. The van der Waals surface area contributed by atoms with Crippen LogP contribution in [0.4, 0.5) is 0 Å². The van der Waals surface area contributed by atoms with E-state index in [2.05, 4.69) is 25.2 Å². The zero-order valence-electron chi connectivity index (χ0n) is 13.3. The van der Waals surface area contributed by atoms with Gasteiger partial charge in [0.05, 0.1) is 19.8 Å². The summed E-state index contributed by atoms with van der Waals surface area (Å²) in [6.07, 6.45) is 2.42. The minimum absolute atomic E-state index is 0.513. The van der Waals surface area contributed by atoms with E-state index in [0.717, 1.165) is 31.0 Å². The Morgan fingerprint density at radius 3 is 2.76 bits per heavy atom. The molecule has 0 aliphatic heterocycles.